The second-order valence-corrected chi connectivity index (χ2v) is 6.71. The molecule has 3 nitrogen and oxygen atoms in total. The lowest BCUT2D eigenvalue weighted by Crippen LogP contribution is -2.31. The van der Waals surface area contributed by atoms with E-state index in [-0.39, 0.29) is 16.9 Å². The molecule has 0 fully saturated rings. The molecule has 5 heteroatoms. The highest BCUT2D eigenvalue weighted by Crippen LogP contribution is 2.44. The summed E-state index contributed by atoms with van der Waals surface area (Å²) >= 11 is 2.97. The minimum absolute atomic E-state index is 0.164. The molecule has 1 atom stereocenters. The van der Waals surface area contributed by atoms with Crippen LogP contribution in [0.5, 0.6) is 0 Å². The lowest BCUT2D eigenvalue weighted by Gasteiger charge is -2.25. The molecule has 21 heavy (non-hydrogen) atoms. The van der Waals surface area contributed by atoms with E-state index in [0.29, 0.717) is 0 Å². The van der Waals surface area contributed by atoms with Crippen molar-refractivity contribution in [3.8, 4) is 6.07 Å². The number of hydrogen-bond acceptors (Lipinski definition) is 4. The Morgan fingerprint density at radius 1 is 1.24 bits per heavy atom. The standard InChI is InChI=1S/C16H12N2OS2/c1-20-16-13(9-17)14(19)18-15(21-16)12-8-4-6-10-5-2-3-7-11(10)12/h2-8,15H,1H3,(H,18,19). The minimum atomic E-state index is -0.293. The molecule has 2 aromatic carbocycles. The smallest absolute Gasteiger partial charge is 0.264 e. The molecule has 0 aromatic heterocycles. The molecule has 0 spiro atoms. The molecule has 0 saturated heterocycles. The lowest BCUT2D eigenvalue weighted by molar-refractivity contribution is -0.117. The van der Waals surface area contributed by atoms with Gasteiger partial charge in [-0.2, -0.15) is 5.26 Å². The zero-order chi connectivity index (χ0) is 14.8. The van der Waals surface area contributed by atoms with E-state index in [2.05, 4.69) is 23.5 Å². The molecule has 0 aliphatic carbocycles. The fraction of sp³-hybridized carbons (Fsp3) is 0.125. The van der Waals surface area contributed by atoms with E-state index in [1.165, 1.54) is 23.5 Å². The number of carbonyl (C=O) groups excluding carboxylic acids is 1. The summed E-state index contributed by atoms with van der Waals surface area (Å²) in [4.78, 5) is 12.1. The predicted molar refractivity (Wildman–Crippen MR) is 88.6 cm³/mol. The number of nitriles is 1. The quantitative estimate of drug-likeness (QED) is 0.916. The predicted octanol–water partition coefficient (Wildman–Crippen LogP) is 3.80. The van der Waals surface area contributed by atoms with Gasteiger partial charge in [0.1, 0.15) is 17.0 Å². The topological polar surface area (TPSA) is 52.9 Å². The van der Waals surface area contributed by atoms with E-state index >= 15 is 0 Å². The number of amides is 1. The number of nitrogens with one attached hydrogen (secondary N) is 1. The second kappa shape index (κ2) is 5.84. The van der Waals surface area contributed by atoms with E-state index in [1.54, 1.807) is 0 Å². The Labute approximate surface area is 131 Å². The molecule has 0 saturated carbocycles. The van der Waals surface area contributed by atoms with Crippen LogP contribution in [0.1, 0.15) is 10.9 Å². The Hall–Kier alpha value is -1.90. The summed E-state index contributed by atoms with van der Waals surface area (Å²) < 4.78 is 0.777. The van der Waals surface area contributed by atoms with Crippen LogP contribution in [-0.2, 0) is 4.79 Å². The molecule has 0 bridgehead atoms. The number of nitrogens with zero attached hydrogens (tertiary/aromatic N) is 1. The van der Waals surface area contributed by atoms with Gasteiger partial charge < -0.3 is 5.32 Å². The maximum atomic E-state index is 12.1. The summed E-state index contributed by atoms with van der Waals surface area (Å²) in [6, 6.07) is 16.2. The van der Waals surface area contributed by atoms with Gasteiger partial charge in [-0.3, -0.25) is 4.79 Å². The number of rotatable bonds is 2. The fourth-order valence-electron chi connectivity index (χ4n) is 2.35. The van der Waals surface area contributed by atoms with Gasteiger partial charge in [-0.1, -0.05) is 54.2 Å². The largest absolute Gasteiger partial charge is 0.335 e. The normalized spacial score (nSPS) is 18.5. The van der Waals surface area contributed by atoms with Gasteiger partial charge >= 0.3 is 0 Å². The van der Waals surface area contributed by atoms with Crippen molar-refractivity contribution in [2.75, 3.05) is 6.26 Å². The molecule has 1 heterocycles. The van der Waals surface area contributed by atoms with E-state index in [1.807, 2.05) is 36.6 Å². The summed E-state index contributed by atoms with van der Waals surface area (Å²) in [6.07, 6.45) is 1.89. The molecular weight excluding hydrogens is 300 g/mol. The summed E-state index contributed by atoms with van der Waals surface area (Å²) in [5.41, 5.74) is 1.28. The van der Waals surface area contributed by atoms with Crippen molar-refractivity contribution in [3.05, 3.63) is 57.8 Å². The SMILES string of the molecule is CSC1=C(C#N)C(=O)NC(c2cccc3ccccc23)S1. The van der Waals surface area contributed by atoms with Gasteiger partial charge in [0.2, 0.25) is 0 Å². The molecule has 1 aliphatic heterocycles. The van der Waals surface area contributed by atoms with E-state index in [4.69, 9.17) is 5.26 Å². The van der Waals surface area contributed by atoms with Crippen LogP contribution in [0.3, 0.4) is 0 Å². The van der Waals surface area contributed by atoms with Crippen LogP contribution in [0, 0.1) is 11.3 Å². The van der Waals surface area contributed by atoms with E-state index in [0.717, 1.165) is 20.6 Å². The van der Waals surface area contributed by atoms with Crippen LogP contribution < -0.4 is 5.32 Å². The first kappa shape index (κ1) is 14.1. The van der Waals surface area contributed by atoms with Gasteiger partial charge in [0.05, 0.1) is 4.24 Å². The van der Waals surface area contributed by atoms with Gasteiger partial charge in [-0.15, -0.1) is 11.8 Å². The molecule has 0 radical (unpaired) electrons. The number of fused-ring (bicyclic) bond motifs is 1. The minimum Gasteiger partial charge on any atom is -0.335 e. The van der Waals surface area contributed by atoms with Crippen LogP contribution >= 0.6 is 23.5 Å². The summed E-state index contributed by atoms with van der Waals surface area (Å²) in [7, 11) is 0. The lowest BCUT2D eigenvalue weighted by atomic mass is 10.0. The van der Waals surface area contributed by atoms with Crippen LogP contribution in [0.15, 0.2) is 52.3 Å². The molecule has 3 rings (SSSR count). The summed E-state index contributed by atoms with van der Waals surface area (Å²) in [6.45, 7) is 0. The van der Waals surface area contributed by atoms with Crippen LogP contribution in [0.2, 0.25) is 0 Å². The number of thioether (sulfide) groups is 2. The molecule has 104 valence electrons. The summed E-state index contributed by atoms with van der Waals surface area (Å²) in [5, 5.41) is 14.1. The Balaban J connectivity index is 2.08. The monoisotopic (exact) mass is 312 g/mol. The molecule has 2 aromatic rings. The van der Waals surface area contributed by atoms with Gasteiger partial charge in [0, 0.05) is 0 Å². The van der Waals surface area contributed by atoms with Crippen LogP contribution in [0.25, 0.3) is 10.8 Å². The van der Waals surface area contributed by atoms with Crippen LogP contribution in [0.4, 0.5) is 0 Å². The number of hydrogen-bond donors (Lipinski definition) is 1. The third-order valence-corrected chi connectivity index (χ3v) is 5.71. The number of benzene rings is 2. The third kappa shape index (κ3) is 2.53. The maximum absolute atomic E-state index is 12.1. The molecule has 1 N–H and O–H groups in total. The first-order chi connectivity index (χ1) is 10.2. The zero-order valence-electron chi connectivity index (χ0n) is 11.3. The van der Waals surface area contributed by atoms with Crippen molar-refractivity contribution < 1.29 is 4.79 Å². The highest BCUT2D eigenvalue weighted by molar-refractivity contribution is 8.22. The van der Waals surface area contributed by atoms with E-state index in [9.17, 15) is 4.79 Å². The van der Waals surface area contributed by atoms with Crippen molar-refractivity contribution in [2.45, 2.75) is 5.37 Å². The average Bonchev–Trinajstić information content (AvgIpc) is 2.53. The van der Waals surface area contributed by atoms with Crippen molar-refractivity contribution in [3.63, 3.8) is 0 Å². The first-order valence-corrected chi connectivity index (χ1v) is 8.48. The molecule has 1 unspecified atom stereocenters. The van der Waals surface area contributed by atoms with Crippen molar-refractivity contribution in [1.82, 2.24) is 5.32 Å². The van der Waals surface area contributed by atoms with Crippen molar-refractivity contribution >= 4 is 40.2 Å². The molecule has 1 aliphatic rings. The Bertz CT molecular complexity index is 787. The van der Waals surface area contributed by atoms with Gasteiger partial charge in [-0.25, -0.2) is 0 Å². The fourth-order valence-corrected chi connectivity index (χ4v) is 4.33. The molecular formula is C16H12N2OS2. The third-order valence-electron chi connectivity index (χ3n) is 3.32. The Morgan fingerprint density at radius 3 is 2.76 bits per heavy atom. The van der Waals surface area contributed by atoms with E-state index < -0.39 is 0 Å². The highest BCUT2D eigenvalue weighted by atomic mass is 32.2. The van der Waals surface area contributed by atoms with Gasteiger partial charge in [-0.05, 0) is 22.6 Å². The average molecular weight is 312 g/mol. The van der Waals surface area contributed by atoms with Gasteiger partial charge in [0.25, 0.3) is 5.91 Å². The number of carbonyl (C=O) groups is 1. The maximum Gasteiger partial charge on any atom is 0.264 e. The molecule has 1 amide bonds. The van der Waals surface area contributed by atoms with Gasteiger partial charge in [0.15, 0.2) is 0 Å². The van der Waals surface area contributed by atoms with Crippen molar-refractivity contribution in [1.29, 1.82) is 5.26 Å². The van der Waals surface area contributed by atoms with Crippen molar-refractivity contribution in [2.24, 2.45) is 0 Å². The Kier molecular flexibility index (Phi) is 3.91. The van der Waals surface area contributed by atoms with Crippen LogP contribution in [-0.4, -0.2) is 12.2 Å². The second-order valence-electron chi connectivity index (χ2n) is 4.52. The Morgan fingerprint density at radius 2 is 2.00 bits per heavy atom. The highest BCUT2D eigenvalue weighted by Gasteiger charge is 2.29. The summed E-state index contributed by atoms with van der Waals surface area (Å²) in [5.74, 6) is -0.293. The zero-order valence-corrected chi connectivity index (χ0v) is 12.9. The first-order valence-electron chi connectivity index (χ1n) is 6.38.